The van der Waals surface area contributed by atoms with Gasteiger partial charge in [0.25, 0.3) is 5.91 Å². The number of H-pyrrole nitrogens is 1. The number of aromatic amines is 1. The molecule has 2 N–H and O–H groups in total. The highest BCUT2D eigenvalue weighted by molar-refractivity contribution is 6.31. The number of methoxy groups -OCH3 is 1. The Morgan fingerprint density at radius 2 is 1.89 bits per heavy atom. The van der Waals surface area contributed by atoms with Crippen LogP contribution in [0, 0.1) is 6.92 Å². The summed E-state index contributed by atoms with van der Waals surface area (Å²) in [6.07, 6.45) is 1.55. The average Bonchev–Trinajstić information content (AvgIpc) is 3.47. The zero-order chi connectivity index (χ0) is 26.8. The predicted molar refractivity (Wildman–Crippen MR) is 147 cm³/mol. The second-order valence-corrected chi connectivity index (χ2v) is 9.81. The Kier molecular flexibility index (Phi) is 7.29. The van der Waals surface area contributed by atoms with E-state index in [1.54, 1.807) is 19.2 Å². The fraction of sp³-hybridized carbons (Fsp3) is 0.267. The van der Waals surface area contributed by atoms with E-state index in [0.29, 0.717) is 47.1 Å². The minimum Gasteiger partial charge on any atom is -0.507 e. The van der Waals surface area contributed by atoms with Crippen molar-refractivity contribution in [1.29, 1.82) is 0 Å². The number of hydrogen-bond acceptors (Lipinski definition) is 5. The quantitative estimate of drug-likeness (QED) is 0.263. The van der Waals surface area contributed by atoms with Crippen LogP contribution in [0.25, 0.3) is 11.3 Å². The third-order valence-corrected chi connectivity index (χ3v) is 7.25. The maximum Gasteiger partial charge on any atom is 0.273 e. The summed E-state index contributed by atoms with van der Waals surface area (Å²) in [4.78, 5) is 15.6. The lowest BCUT2D eigenvalue weighted by atomic mass is 9.95. The number of benzene rings is 3. The largest absolute Gasteiger partial charge is 0.507 e. The molecule has 3 aromatic carbocycles. The molecule has 0 fully saturated rings. The van der Waals surface area contributed by atoms with E-state index in [9.17, 15) is 9.90 Å². The lowest BCUT2D eigenvalue weighted by molar-refractivity contribution is 0.0745. The molecular formula is C30H30ClN3O4. The van der Waals surface area contributed by atoms with Crippen LogP contribution in [0.3, 0.4) is 0 Å². The standard InChI is InChI=1S/C30H30ClN3O4/c1-4-14-38-22-7-5-6-20(16-22)29-26-27(23-17-24(31)18(2)15-25(23)35)32-33-28(26)30(36)34(29)13-12-19-8-10-21(37-3)11-9-19/h5-11,15-17,29,35H,4,12-14H2,1-3H3,(H,32,33). The number of nitrogens with zero attached hydrogens (tertiary/aromatic N) is 2. The first kappa shape index (κ1) is 25.7. The molecule has 1 aliphatic heterocycles. The summed E-state index contributed by atoms with van der Waals surface area (Å²) in [5.74, 6) is 1.45. The predicted octanol–water partition coefficient (Wildman–Crippen LogP) is 6.33. The Morgan fingerprint density at radius 3 is 2.63 bits per heavy atom. The summed E-state index contributed by atoms with van der Waals surface area (Å²) in [7, 11) is 1.64. The topological polar surface area (TPSA) is 87.7 Å². The van der Waals surface area contributed by atoms with Crippen LogP contribution in [0.15, 0.2) is 60.7 Å². The molecule has 1 aliphatic rings. The summed E-state index contributed by atoms with van der Waals surface area (Å²) in [5.41, 5.74) is 4.86. The van der Waals surface area contributed by atoms with E-state index in [4.69, 9.17) is 21.1 Å². The van der Waals surface area contributed by atoms with Crippen molar-refractivity contribution in [3.63, 3.8) is 0 Å². The van der Waals surface area contributed by atoms with E-state index < -0.39 is 6.04 Å². The first-order chi connectivity index (χ1) is 18.4. The second-order valence-electron chi connectivity index (χ2n) is 9.40. The molecule has 1 atom stereocenters. The van der Waals surface area contributed by atoms with Crippen molar-refractivity contribution >= 4 is 17.5 Å². The molecular weight excluding hydrogens is 502 g/mol. The second kappa shape index (κ2) is 10.8. The van der Waals surface area contributed by atoms with Gasteiger partial charge < -0.3 is 19.5 Å². The van der Waals surface area contributed by atoms with E-state index >= 15 is 0 Å². The molecule has 0 spiro atoms. The summed E-state index contributed by atoms with van der Waals surface area (Å²) in [6, 6.07) is 18.6. The van der Waals surface area contributed by atoms with Gasteiger partial charge in [0, 0.05) is 22.7 Å². The molecule has 2 heterocycles. The van der Waals surface area contributed by atoms with Gasteiger partial charge in [-0.2, -0.15) is 5.10 Å². The number of aromatic hydroxyl groups is 1. The minimum atomic E-state index is -0.422. The van der Waals surface area contributed by atoms with Gasteiger partial charge in [-0.05, 0) is 72.9 Å². The SMILES string of the molecule is CCCOc1cccc(C2c3c(-c4cc(Cl)c(C)cc4O)n[nH]c3C(=O)N2CCc2ccc(OC)cc2)c1. The Balaban J connectivity index is 1.57. The molecule has 0 saturated carbocycles. The van der Waals surface area contributed by atoms with Crippen LogP contribution in [0.5, 0.6) is 17.2 Å². The fourth-order valence-corrected chi connectivity index (χ4v) is 5.03. The maximum absolute atomic E-state index is 13.7. The zero-order valence-corrected chi connectivity index (χ0v) is 22.4. The third kappa shape index (κ3) is 4.82. The zero-order valence-electron chi connectivity index (χ0n) is 21.6. The fourth-order valence-electron chi connectivity index (χ4n) is 4.87. The van der Waals surface area contributed by atoms with Crippen molar-refractivity contribution in [3.8, 4) is 28.5 Å². The molecule has 0 radical (unpaired) electrons. The molecule has 0 saturated heterocycles. The number of nitrogens with one attached hydrogen (secondary N) is 1. The summed E-state index contributed by atoms with van der Waals surface area (Å²) < 4.78 is 11.2. The van der Waals surface area contributed by atoms with E-state index in [1.165, 1.54) is 0 Å². The number of carbonyl (C=O) groups is 1. The Morgan fingerprint density at radius 1 is 1.11 bits per heavy atom. The summed E-state index contributed by atoms with van der Waals surface area (Å²) >= 11 is 6.42. The number of amides is 1. The maximum atomic E-state index is 13.7. The van der Waals surface area contributed by atoms with Gasteiger partial charge in [0.2, 0.25) is 0 Å². The molecule has 0 aliphatic carbocycles. The molecule has 1 amide bonds. The van der Waals surface area contributed by atoms with Gasteiger partial charge in [-0.15, -0.1) is 0 Å². The summed E-state index contributed by atoms with van der Waals surface area (Å²) in [5, 5.41) is 18.7. The minimum absolute atomic E-state index is 0.0594. The van der Waals surface area contributed by atoms with E-state index in [2.05, 4.69) is 17.1 Å². The highest BCUT2D eigenvalue weighted by Gasteiger charge is 2.42. The number of ether oxygens (including phenoxy) is 2. The highest BCUT2D eigenvalue weighted by atomic mass is 35.5. The van der Waals surface area contributed by atoms with Crippen molar-refractivity contribution < 1.29 is 19.4 Å². The van der Waals surface area contributed by atoms with Crippen LogP contribution >= 0.6 is 11.6 Å². The van der Waals surface area contributed by atoms with Crippen molar-refractivity contribution in [1.82, 2.24) is 15.1 Å². The van der Waals surface area contributed by atoms with Crippen molar-refractivity contribution in [2.45, 2.75) is 32.7 Å². The van der Waals surface area contributed by atoms with Crippen LogP contribution in [-0.4, -0.2) is 46.4 Å². The lowest BCUT2D eigenvalue weighted by Gasteiger charge is -2.27. The molecule has 1 aromatic heterocycles. The molecule has 38 heavy (non-hydrogen) atoms. The molecule has 0 bridgehead atoms. The number of hydrogen-bond donors (Lipinski definition) is 2. The smallest absolute Gasteiger partial charge is 0.273 e. The Hall–Kier alpha value is -3.97. The van der Waals surface area contributed by atoms with Gasteiger partial charge in [0.1, 0.15) is 28.6 Å². The van der Waals surface area contributed by atoms with Crippen LogP contribution < -0.4 is 9.47 Å². The normalized spacial score (nSPS) is 14.6. The van der Waals surface area contributed by atoms with Crippen LogP contribution in [0.2, 0.25) is 5.02 Å². The molecule has 7 nitrogen and oxygen atoms in total. The number of halogens is 1. The van der Waals surface area contributed by atoms with Gasteiger partial charge >= 0.3 is 0 Å². The molecule has 5 rings (SSSR count). The number of phenols is 1. The van der Waals surface area contributed by atoms with Gasteiger partial charge in [-0.3, -0.25) is 9.89 Å². The van der Waals surface area contributed by atoms with Gasteiger partial charge in [-0.1, -0.05) is 42.8 Å². The van der Waals surface area contributed by atoms with E-state index in [0.717, 1.165) is 34.6 Å². The number of fused-ring (bicyclic) bond motifs is 1. The molecule has 196 valence electrons. The molecule has 4 aromatic rings. The Labute approximate surface area is 227 Å². The highest BCUT2D eigenvalue weighted by Crippen LogP contribution is 2.45. The third-order valence-electron chi connectivity index (χ3n) is 6.84. The monoisotopic (exact) mass is 531 g/mol. The van der Waals surface area contributed by atoms with Crippen molar-refractivity contribution in [2.75, 3.05) is 20.3 Å². The van der Waals surface area contributed by atoms with Crippen LogP contribution in [0.4, 0.5) is 0 Å². The van der Waals surface area contributed by atoms with Crippen molar-refractivity contribution in [3.05, 3.63) is 93.6 Å². The van der Waals surface area contributed by atoms with Gasteiger partial charge in [0.15, 0.2) is 0 Å². The van der Waals surface area contributed by atoms with Gasteiger partial charge in [0.05, 0.1) is 19.8 Å². The van der Waals surface area contributed by atoms with Gasteiger partial charge in [-0.25, -0.2) is 0 Å². The number of aromatic nitrogens is 2. The van der Waals surface area contributed by atoms with Crippen LogP contribution in [-0.2, 0) is 6.42 Å². The number of phenolic OH excluding ortho intramolecular Hbond substituents is 1. The first-order valence-corrected chi connectivity index (χ1v) is 13.0. The van der Waals surface area contributed by atoms with E-state index in [-0.39, 0.29) is 11.7 Å². The van der Waals surface area contributed by atoms with Crippen molar-refractivity contribution in [2.24, 2.45) is 0 Å². The lowest BCUT2D eigenvalue weighted by Crippen LogP contribution is -2.31. The number of carbonyl (C=O) groups excluding carboxylic acids is 1. The first-order valence-electron chi connectivity index (χ1n) is 12.7. The molecule has 1 unspecified atom stereocenters. The van der Waals surface area contributed by atoms with E-state index in [1.807, 2.05) is 60.4 Å². The molecule has 8 heteroatoms. The van der Waals surface area contributed by atoms with Crippen LogP contribution in [0.1, 0.15) is 52.1 Å². The average molecular weight is 532 g/mol. The number of aryl methyl sites for hydroxylation is 1. The number of rotatable bonds is 9. The summed E-state index contributed by atoms with van der Waals surface area (Å²) in [6.45, 7) is 4.98. The Bertz CT molecular complexity index is 1470.